The fourth-order valence-electron chi connectivity index (χ4n) is 1.55. The Kier molecular flexibility index (Phi) is 4.14. The van der Waals surface area contributed by atoms with Gasteiger partial charge in [-0.2, -0.15) is 4.98 Å². The van der Waals surface area contributed by atoms with Crippen molar-refractivity contribution in [1.29, 1.82) is 0 Å². The van der Waals surface area contributed by atoms with Crippen LogP contribution in [0, 0.1) is 0 Å². The van der Waals surface area contributed by atoms with E-state index in [0.717, 1.165) is 5.75 Å². The van der Waals surface area contributed by atoms with E-state index < -0.39 is 0 Å². The van der Waals surface area contributed by atoms with E-state index in [1.54, 1.807) is 13.2 Å². The zero-order valence-electron chi connectivity index (χ0n) is 12.0. The van der Waals surface area contributed by atoms with Crippen LogP contribution in [0.25, 0.3) is 0 Å². The molecule has 1 aromatic carbocycles. The molecule has 1 aromatic heterocycles. The van der Waals surface area contributed by atoms with Crippen molar-refractivity contribution in [3.63, 3.8) is 0 Å². The Hall–Kier alpha value is -1.81. The summed E-state index contributed by atoms with van der Waals surface area (Å²) < 4.78 is 10.8. The normalized spacial score (nSPS) is 11.2. The molecule has 20 heavy (non-hydrogen) atoms. The number of hydrogen-bond donors (Lipinski definition) is 0. The third-order valence-corrected chi connectivity index (χ3v) is 2.82. The molecule has 0 atom stereocenters. The fourth-order valence-corrected chi connectivity index (χ4v) is 1.72. The zero-order chi connectivity index (χ0) is 14.8. The van der Waals surface area contributed by atoms with Crippen LogP contribution in [0.4, 0.5) is 0 Å². The standard InChI is InChI=1S/C15H17ClN2O2/c1-15(2,3)14-17-12(16)9-13(18-14)20-11-7-5-10(19-4)6-8-11/h5-9H,1-4H3. The maximum atomic E-state index is 6.02. The summed E-state index contributed by atoms with van der Waals surface area (Å²) in [5.41, 5.74) is -0.192. The van der Waals surface area contributed by atoms with E-state index in [4.69, 9.17) is 21.1 Å². The minimum Gasteiger partial charge on any atom is -0.497 e. The molecule has 0 unspecified atom stereocenters. The summed E-state index contributed by atoms with van der Waals surface area (Å²) in [6.07, 6.45) is 0. The van der Waals surface area contributed by atoms with Gasteiger partial charge in [0.2, 0.25) is 5.88 Å². The molecule has 0 N–H and O–H groups in total. The molecule has 0 spiro atoms. The molecule has 0 bridgehead atoms. The second-order valence-corrected chi connectivity index (χ2v) is 5.77. The summed E-state index contributed by atoms with van der Waals surface area (Å²) in [7, 11) is 1.62. The molecule has 0 aliphatic rings. The van der Waals surface area contributed by atoms with Crippen LogP contribution < -0.4 is 9.47 Å². The lowest BCUT2D eigenvalue weighted by Crippen LogP contribution is -2.16. The SMILES string of the molecule is COc1ccc(Oc2cc(Cl)nc(C(C)(C)C)n2)cc1. The number of hydrogen-bond acceptors (Lipinski definition) is 4. The van der Waals surface area contributed by atoms with E-state index >= 15 is 0 Å². The molecule has 4 nitrogen and oxygen atoms in total. The molecule has 1 heterocycles. The van der Waals surface area contributed by atoms with Crippen molar-refractivity contribution < 1.29 is 9.47 Å². The quantitative estimate of drug-likeness (QED) is 0.794. The highest BCUT2D eigenvalue weighted by atomic mass is 35.5. The molecular weight excluding hydrogens is 276 g/mol. The van der Waals surface area contributed by atoms with Gasteiger partial charge in [-0.1, -0.05) is 32.4 Å². The second-order valence-electron chi connectivity index (χ2n) is 5.38. The molecule has 2 rings (SSSR count). The van der Waals surface area contributed by atoms with E-state index in [0.29, 0.717) is 22.6 Å². The molecule has 5 heteroatoms. The first-order valence-electron chi connectivity index (χ1n) is 6.25. The Labute approximate surface area is 123 Å². The van der Waals surface area contributed by atoms with E-state index in [2.05, 4.69) is 9.97 Å². The van der Waals surface area contributed by atoms with Crippen molar-refractivity contribution in [2.24, 2.45) is 0 Å². The summed E-state index contributed by atoms with van der Waals surface area (Å²) in [5.74, 6) is 2.52. The van der Waals surface area contributed by atoms with Crippen LogP contribution >= 0.6 is 11.6 Å². The highest BCUT2D eigenvalue weighted by molar-refractivity contribution is 6.29. The van der Waals surface area contributed by atoms with Crippen LogP contribution in [-0.4, -0.2) is 17.1 Å². The van der Waals surface area contributed by atoms with Gasteiger partial charge in [0, 0.05) is 11.5 Å². The fraction of sp³-hybridized carbons (Fsp3) is 0.333. The monoisotopic (exact) mass is 292 g/mol. The van der Waals surface area contributed by atoms with Gasteiger partial charge in [-0.25, -0.2) is 4.98 Å². The Morgan fingerprint density at radius 3 is 2.15 bits per heavy atom. The predicted molar refractivity (Wildman–Crippen MR) is 78.8 cm³/mol. The van der Waals surface area contributed by atoms with Crippen LogP contribution in [0.3, 0.4) is 0 Å². The average molecular weight is 293 g/mol. The van der Waals surface area contributed by atoms with Gasteiger partial charge in [0.25, 0.3) is 0 Å². The van der Waals surface area contributed by atoms with Crippen molar-refractivity contribution in [2.75, 3.05) is 7.11 Å². The maximum absolute atomic E-state index is 6.02. The molecule has 0 amide bonds. The summed E-state index contributed by atoms with van der Waals surface area (Å²) in [6, 6.07) is 8.86. The number of benzene rings is 1. The van der Waals surface area contributed by atoms with Gasteiger partial charge in [-0.15, -0.1) is 0 Å². The van der Waals surface area contributed by atoms with Gasteiger partial charge in [0.15, 0.2) is 0 Å². The Balaban J connectivity index is 2.26. The first-order valence-corrected chi connectivity index (χ1v) is 6.63. The van der Waals surface area contributed by atoms with E-state index in [-0.39, 0.29) is 5.41 Å². The van der Waals surface area contributed by atoms with Gasteiger partial charge in [-0.3, -0.25) is 0 Å². The molecule has 0 saturated carbocycles. The summed E-state index contributed by atoms with van der Waals surface area (Å²) in [4.78, 5) is 8.62. The van der Waals surface area contributed by atoms with Crippen LogP contribution in [0.5, 0.6) is 17.4 Å². The average Bonchev–Trinajstić information content (AvgIpc) is 2.38. The Bertz CT molecular complexity index is 592. The van der Waals surface area contributed by atoms with Crippen molar-refractivity contribution in [3.05, 3.63) is 41.3 Å². The molecule has 0 fully saturated rings. The van der Waals surface area contributed by atoms with E-state index in [1.165, 1.54) is 0 Å². The zero-order valence-corrected chi connectivity index (χ0v) is 12.7. The first kappa shape index (κ1) is 14.6. The molecular formula is C15H17ClN2O2. The Morgan fingerprint density at radius 2 is 1.60 bits per heavy atom. The number of methoxy groups -OCH3 is 1. The minimum absolute atomic E-state index is 0.192. The van der Waals surface area contributed by atoms with Crippen molar-refractivity contribution in [1.82, 2.24) is 9.97 Å². The van der Waals surface area contributed by atoms with Crippen molar-refractivity contribution >= 4 is 11.6 Å². The lowest BCUT2D eigenvalue weighted by atomic mass is 9.96. The number of halogens is 1. The molecule has 2 aromatic rings. The van der Waals surface area contributed by atoms with E-state index in [9.17, 15) is 0 Å². The van der Waals surface area contributed by atoms with Crippen molar-refractivity contribution in [3.8, 4) is 17.4 Å². The van der Waals surface area contributed by atoms with Gasteiger partial charge < -0.3 is 9.47 Å². The van der Waals surface area contributed by atoms with Gasteiger partial charge in [0.1, 0.15) is 22.5 Å². The second kappa shape index (κ2) is 5.67. The summed E-state index contributed by atoms with van der Waals surface area (Å²) in [6.45, 7) is 6.07. The molecule has 0 saturated heterocycles. The number of ether oxygens (including phenoxy) is 2. The van der Waals surface area contributed by atoms with Crippen LogP contribution in [0.2, 0.25) is 5.15 Å². The Morgan fingerprint density at radius 1 is 1.00 bits per heavy atom. The highest BCUT2D eigenvalue weighted by Crippen LogP contribution is 2.27. The topological polar surface area (TPSA) is 44.2 Å². The molecule has 0 radical (unpaired) electrons. The lowest BCUT2D eigenvalue weighted by Gasteiger charge is -2.17. The predicted octanol–water partition coefficient (Wildman–Crippen LogP) is 4.23. The van der Waals surface area contributed by atoms with Gasteiger partial charge >= 0.3 is 0 Å². The largest absolute Gasteiger partial charge is 0.497 e. The number of nitrogens with zero attached hydrogens (tertiary/aromatic N) is 2. The van der Waals surface area contributed by atoms with Crippen LogP contribution in [0.1, 0.15) is 26.6 Å². The van der Waals surface area contributed by atoms with E-state index in [1.807, 2.05) is 45.0 Å². The first-order chi connectivity index (χ1) is 9.38. The number of aromatic nitrogens is 2. The smallest absolute Gasteiger partial charge is 0.224 e. The third-order valence-electron chi connectivity index (χ3n) is 2.62. The molecule has 0 aliphatic carbocycles. The third kappa shape index (κ3) is 3.61. The lowest BCUT2D eigenvalue weighted by molar-refractivity contribution is 0.411. The van der Waals surface area contributed by atoms with Gasteiger partial charge in [-0.05, 0) is 24.3 Å². The number of rotatable bonds is 3. The summed E-state index contributed by atoms with van der Waals surface area (Å²) >= 11 is 6.02. The maximum Gasteiger partial charge on any atom is 0.224 e. The van der Waals surface area contributed by atoms with Crippen molar-refractivity contribution in [2.45, 2.75) is 26.2 Å². The van der Waals surface area contributed by atoms with Gasteiger partial charge in [0.05, 0.1) is 7.11 Å². The van der Waals surface area contributed by atoms with Crippen LogP contribution in [-0.2, 0) is 5.41 Å². The summed E-state index contributed by atoms with van der Waals surface area (Å²) in [5, 5.41) is 0.369. The molecule has 0 aliphatic heterocycles. The van der Waals surface area contributed by atoms with Crippen LogP contribution in [0.15, 0.2) is 30.3 Å². The minimum atomic E-state index is -0.192. The molecule has 106 valence electrons. The highest BCUT2D eigenvalue weighted by Gasteiger charge is 2.19.